The molecule has 1 unspecified atom stereocenters. The minimum atomic E-state index is 0.0517. The Morgan fingerprint density at radius 1 is 1.45 bits per heavy atom. The Bertz CT molecular complexity index is 685. The van der Waals surface area contributed by atoms with Gasteiger partial charge >= 0.3 is 0 Å². The molecule has 1 aromatic carbocycles. The average Bonchev–Trinajstić information content (AvgIpc) is 2.95. The van der Waals surface area contributed by atoms with Crippen molar-refractivity contribution in [3.8, 4) is 0 Å². The number of imidazole rings is 1. The Balaban J connectivity index is 1.87. The van der Waals surface area contributed by atoms with Crippen LogP contribution in [0.1, 0.15) is 22.9 Å². The Hall–Kier alpha value is -1.21. The SMILES string of the molecule is Cc1cc(Br)cc(C(Cc2cn3ccsc3n2)NN)c1. The largest absolute Gasteiger partial charge is 0.297 e. The highest BCUT2D eigenvalue weighted by Gasteiger charge is 2.14. The van der Waals surface area contributed by atoms with E-state index in [1.165, 1.54) is 5.56 Å². The van der Waals surface area contributed by atoms with Gasteiger partial charge in [-0.1, -0.05) is 22.0 Å². The average molecular weight is 351 g/mol. The van der Waals surface area contributed by atoms with Crippen molar-refractivity contribution in [2.45, 2.75) is 19.4 Å². The molecule has 0 saturated carbocycles. The van der Waals surface area contributed by atoms with Gasteiger partial charge in [-0.3, -0.25) is 15.7 Å². The van der Waals surface area contributed by atoms with Crippen LogP contribution in [0.25, 0.3) is 4.96 Å². The summed E-state index contributed by atoms with van der Waals surface area (Å²) in [5.41, 5.74) is 6.30. The number of aryl methyl sites for hydroxylation is 1. The van der Waals surface area contributed by atoms with Crippen molar-refractivity contribution >= 4 is 32.2 Å². The number of benzene rings is 1. The second-order valence-corrected chi connectivity index (χ2v) is 6.60. The Labute approximate surface area is 129 Å². The van der Waals surface area contributed by atoms with Crippen LogP contribution in [0, 0.1) is 6.92 Å². The van der Waals surface area contributed by atoms with Crippen molar-refractivity contribution in [3.63, 3.8) is 0 Å². The van der Waals surface area contributed by atoms with E-state index in [0.717, 1.165) is 27.1 Å². The quantitative estimate of drug-likeness (QED) is 0.561. The minimum Gasteiger partial charge on any atom is -0.297 e. The van der Waals surface area contributed by atoms with Crippen LogP contribution in [0.4, 0.5) is 0 Å². The standard InChI is InChI=1S/C14H15BrN4S/c1-9-4-10(6-11(15)5-9)13(18-16)7-12-8-19-2-3-20-14(19)17-12/h2-6,8,13,18H,7,16H2,1H3. The summed E-state index contributed by atoms with van der Waals surface area (Å²) in [5, 5.41) is 2.03. The number of aromatic nitrogens is 2. The second-order valence-electron chi connectivity index (χ2n) is 4.81. The number of rotatable bonds is 4. The van der Waals surface area contributed by atoms with Gasteiger partial charge in [-0.25, -0.2) is 4.98 Å². The number of hydrogen-bond donors (Lipinski definition) is 2. The van der Waals surface area contributed by atoms with Crippen molar-refractivity contribution < 1.29 is 0 Å². The molecular weight excluding hydrogens is 336 g/mol. The highest BCUT2D eigenvalue weighted by atomic mass is 79.9. The molecule has 0 aliphatic rings. The molecule has 2 heterocycles. The summed E-state index contributed by atoms with van der Waals surface area (Å²) in [6.07, 6.45) is 4.84. The summed E-state index contributed by atoms with van der Waals surface area (Å²) in [6, 6.07) is 6.38. The normalized spacial score (nSPS) is 12.9. The molecule has 1 atom stereocenters. The van der Waals surface area contributed by atoms with Crippen molar-refractivity contribution in [1.29, 1.82) is 0 Å². The van der Waals surface area contributed by atoms with Gasteiger partial charge in [-0.2, -0.15) is 0 Å². The fourth-order valence-electron chi connectivity index (χ4n) is 2.32. The monoisotopic (exact) mass is 350 g/mol. The molecule has 0 aliphatic heterocycles. The Kier molecular flexibility index (Phi) is 3.89. The van der Waals surface area contributed by atoms with Crippen molar-refractivity contribution in [1.82, 2.24) is 14.8 Å². The molecule has 3 N–H and O–H groups in total. The molecule has 3 rings (SSSR count). The number of halogens is 1. The number of hydrazine groups is 1. The molecule has 0 aliphatic carbocycles. The second kappa shape index (κ2) is 5.65. The van der Waals surface area contributed by atoms with Crippen LogP contribution in [0.3, 0.4) is 0 Å². The summed E-state index contributed by atoms with van der Waals surface area (Å²) in [5.74, 6) is 5.73. The van der Waals surface area contributed by atoms with Crippen LogP contribution >= 0.6 is 27.3 Å². The zero-order valence-electron chi connectivity index (χ0n) is 11.0. The lowest BCUT2D eigenvalue weighted by Gasteiger charge is -2.16. The van der Waals surface area contributed by atoms with Gasteiger partial charge in [-0.05, 0) is 30.2 Å². The molecule has 0 amide bonds. The third-order valence-corrected chi connectivity index (χ3v) is 4.45. The van der Waals surface area contributed by atoms with E-state index in [1.54, 1.807) is 11.3 Å². The molecule has 104 valence electrons. The maximum Gasteiger partial charge on any atom is 0.193 e. The first kappa shape index (κ1) is 13.8. The van der Waals surface area contributed by atoms with Gasteiger partial charge in [0.25, 0.3) is 0 Å². The summed E-state index contributed by atoms with van der Waals surface area (Å²) in [7, 11) is 0. The van der Waals surface area contributed by atoms with E-state index in [4.69, 9.17) is 5.84 Å². The molecular formula is C14H15BrN4S. The van der Waals surface area contributed by atoms with Gasteiger partial charge in [0.05, 0.1) is 11.7 Å². The van der Waals surface area contributed by atoms with E-state index in [-0.39, 0.29) is 6.04 Å². The molecule has 0 radical (unpaired) electrons. The number of hydrogen-bond acceptors (Lipinski definition) is 4. The van der Waals surface area contributed by atoms with Gasteiger partial charge in [0.1, 0.15) is 0 Å². The Morgan fingerprint density at radius 3 is 3.00 bits per heavy atom. The fraction of sp³-hybridized carbons (Fsp3) is 0.214. The summed E-state index contributed by atoms with van der Waals surface area (Å²) < 4.78 is 3.11. The molecule has 0 bridgehead atoms. The maximum absolute atomic E-state index is 5.73. The van der Waals surface area contributed by atoms with E-state index >= 15 is 0 Å². The van der Waals surface area contributed by atoms with Crippen LogP contribution in [0.2, 0.25) is 0 Å². The first-order valence-corrected chi connectivity index (χ1v) is 7.97. The highest BCUT2D eigenvalue weighted by molar-refractivity contribution is 9.10. The van der Waals surface area contributed by atoms with Crippen molar-refractivity contribution in [3.05, 3.63) is 57.3 Å². The van der Waals surface area contributed by atoms with Crippen LogP contribution in [0.5, 0.6) is 0 Å². The maximum atomic E-state index is 5.73. The minimum absolute atomic E-state index is 0.0517. The van der Waals surface area contributed by atoms with E-state index in [2.05, 4.69) is 57.7 Å². The predicted octanol–water partition coefficient (Wildman–Crippen LogP) is 3.21. The molecule has 6 heteroatoms. The van der Waals surface area contributed by atoms with Crippen LogP contribution < -0.4 is 11.3 Å². The third-order valence-electron chi connectivity index (χ3n) is 3.22. The molecule has 4 nitrogen and oxygen atoms in total. The van der Waals surface area contributed by atoms with Crippen LogP contribution in [-0.4, -0.2) is 9.38 Å². The summed E-state index contributed by atoms with van der Waals surface area (Å²) in [6.45, 7) is 2.08. The molecule has 3 aromatic rings. The lowest BCUT2D eigenvalue weighted by atomic mass is 10.0. The zero-order valence-corrected chi connectivity index (χ0v) is 13.4. The van der Waals surface area contributed by atoms with Gasteiger partial charge in [0.2, 0.25) is 0 Å². The number of nitrogens with zero attached hydrogens (tertiary/aromatic N) is 2. The fourth-order valence-corrected chi connectivity index (χ4v) is 3.67. The molecule has 0 fully saturated rings. The zero-order chi connectivity index (χ0) is 14.1. The van der Waals surface area contributed by atoms with Gasteiger partial charge in [-0.15, -0.1) is 11.3 Å². The van der Waals surface area contributed by atoms with Crippen LogP contribution in [0.15, 0.2) is 40.4 Å². The topological polar surface area (TPSA) is 55.3 Å². The summed E-state index contributed by atoms with van der Waals surface area (Å²) in [4.78, 5) is 5.62. The van der Waals surface area contributed by atoms with Gasteiger partial charge in [0, 0.05) is 28.7 Å². The first-order chi connectivity index (χ1) is 9.65. The number of nitrogens with one attached hydrogen (secondary N) is 1. The lowest BCUT2D eigenvalue weighted by molar-refractivity contribution is 0.546. The van der Waals surface area contributed by atoms with Gasteiger partial charge < -0.3 is 0 Å². The molecule has 0 spiro atoms. The molecule has 0 saturated heterocycles. The first-order valence-electron chi connectivity index (χ1n) is 6.30. The smallest absolute Gasteiger partial charge is 0.193 e. The number of fused-ring (bicyclic) bond motifs is 1. The molecule has 20 heavy (non-hydrogen) atoms. The van der Waals surface area contributed by atoms with Crippen molar-refractivity contribution in [2.75, 3.05) is 0 Å². The van der Waals surface area contributed by atoms with E-state index in [1.807, 2.05) is 16.0 Å². The van der Waals surface area contributed by atoms with E-state index in [0.29, 0.717) is 0 Å². The molecule has 2 aromatic heterocycles. The Morgan fingerprint density at radius 2 is 2.30 bits per heavy atom. The predicted molar refractivity (Wildman–Crippen MR) is 85.7 cm³/mol. The third kappa shape index (κ3) is 2.78. The van der Waals surface area contributed by atoms with Gasteiger partial charge in [0.15, 0.2) is 4.96 Å². The van der Waals surface area contributed by atoms with Crippen molar-refractivity contribution in [2.24, 2.45) is 5.84 Å². The number of nitrogens with two attached hydrogens (primary N) is 1. The number of thiazole rings is 1. The van der Waals surface area contributed by atoms with Crippen LogP contribution in [-0.2, 0) is 6.42 Å². The summed E-state index contributed by atoms with van der Waals surface area (Å²) >= 11 is 5.17. The highest BCUT2D eigenvalue weighted by Crippen LogP contribution is 2.23. The van der Waals surface area contributed by atoms with E-state index < -0.39 is 0 Å². The van der Waals surface area contributed by atoms with E-state index in [9.17, 15) is 0 Å². The lowest BCUT2D eigenvalue weighted by Crippen LogP contribution is -2.29.